The van der Waals surface area contributed by atoms with Crippen molar-refractivity contribution in [3.05, 3.63) is 57.6 Å². The molecule has 37 heavy (non-hydrogen) atoms. The number of hydrogen-bond acceptors (Lipinski definition) is 4. The summed E-state index contributed by atoms with van der Waals surface area (Å²) in [5.74, 6) is 0.581. The summed E-state index contributed by atoms with van der Waals surface area (Å²) in [6.45, 7) is 28.2. The molecule has 2 N–H and O–H groups in total. The predicted molar refractivity (Wildman–Crippen MR) is 161 cm³/mol. The van der Waals surface area contributed by atoms with Gasteiger partial charge in [-0.05, 0) is 51.8 Å². The summed E-state index contributed by atoms with van der Waals surface area (Å²) in [4.78, 5) is 9.34. The van der Waals surface area contributed by atoms with Crippen LogP contribution in [0.25, 0.3) is 0 Å². The predicted octanol–water partition coefficient (Wildman–Crippen LogP) is 8.21. The highest BCUT2D eigenvalue weighted by atomic mass is 16.3. The Hall–Kier alpha value is -2.62. The average molecular weight is 507 g/mol. The molecule has 4 heteroatoms. The van der Waals surface area contributed by atoms with Gasteiger partial charge in [0.1, 0.15) is 11.5 Å². The average Bonchev–Trinajstić information content (AvgIpc) is 2.70. The molecule has 0 radical (unpaired) electrons. The van der Waals surface area contributed by atoms with Gasteiger partial charge in [-0.25, -0.2) is 0 Å². The molecule has 0 saturated carbocycles. The van der Waals surface area contributed by atoms with Crippen molar-refractivity contribution in [3.63, 3.8) is 0 Å². The highest BCUT2D eigenvalue weighted by molar-refractivity contribution is 5.86. The molecular weight excluding hydrogens is 456 g/mol. The van der Waals surface area contributed by atoms with Crippen LogP contribution in [-0.4, -0.2) is 35.2 Å². The lowest BCUT2D eigenvalue weighted by atomic mass is 9.79. The number of phenols is 2. The van der Waals surface area contributed by atoms with E-state index in [0.29, 0.717) is 18.0 Å². The molecule has 0 aliphatic heterocycles. The van der Waals surface area contributed by atoms with E-state index in [4.69, 9.17) is 4.99 Å². The summed E-state index contributed by atoms with van der Waals surface area (Å²) in [7, 11) is 0. The van der Waals surface area contributed by atoms with Crippen LogP contribution in [0, 0.1) is 0 Å². The molecular formula is C33H50N2O2. The molecule has 0 unspecified atom stereocenters. The lowest BCUT2D eigenvalue weighted by Gasteiger charge is -2.27. The quantitative estimate of drug-likeness (QED) is 0.401. The second-order valence-electron chi connectivity index (χ2n) is 14.5. The van der Waals surface area contributed by atoms with Crippen LogP contribution >= 0.6 is 0 Å². The van der Waals surface area contributed by atoms with Gasteiger partial charge in [0.2, 0.25) is 0 Å². The van der Waals surface area contributed by atoms with Crippen LogP contribution in [0.3, 0.4) is 0 Å². The minimum atomic E-state index is -0.181. The van der Waals surface area contributed by atoms with E-state index in [0.717, 1.165) is 22.3 Å². The molecule has 0 saturated heterocycles. The first kappa shape index (κ1) is 30.6. The van der Waals surface area contributed by atoms with Crippen LogP contribution < -0.4 is 0 Å². The van der Waals surface area contributed by atoms with E-state index < -0.39 is 0 Å². The number of aromatic hydroxyl groups is 2. The van der Waals surface area contributed by atoms with Gasteiger partial charge in [-0.2, -0.15) is 0 Å². The zero-order valence-electron chi connectivity index (χ0n) is 25.5. The smallest absolute Gasteiger partial charge is 0.128 e. The Morgan fingerprint density at radius 3 is 1.35 bits per heavy atom. The van der Waals surface area contributed by atoms with Crippen LogP contribution in [0.1, 0.15) is 123 Å². The van der Waals surface area contributed by atoms with Crippen molar-refractivity contribution in [2.75, 3.05) is 6.54 Å². The topological polar surface area (TPSA) is 65.2 Å². The SMILES string of the molecule is C[C@H](CN=Cc1cc(C(C)(C)C)cc(C(C)(C)C)c1O)N=Cc1cc(C(C)(C)C)cc(C(C)(C)C)c1O. The summed E-state index contributed by atoms with van der Waals surface area (Å²) >= 11 is 0. The van der Waals surface area contributed by atoms with Gasteiger partial charge in [-0.3, -0.25) is 9.98 Å². The molecule has 0 amide bonds. The third-order valence-electron chi connectivity index (χ3n) is 6.69. The second-order valence-corrected chi connectivity index (χ2v) is 14.5. The molecule has 0 heterocycles. The maximum absolute atomic E-state index is 11.0. The van der Waals surface area contributed by atoms with Gasteiger partial charge in [0.25, 0.3) is 0 Å². The molecule has 0 aliphatic carbocycles. The number of aliphatic imine (C=N–C) groups is 2. The van der Waals surface area contributed by atoms with Crippen molar-refractivity contribution in [1.29, 1.82) is 0 Å². The van der Waals surface area contributed by atoms with Crippen molar-refractivity contribution in [3.8, 4) is 11.5 Å². The second kappa shape index (κ2) is 10.6. The van der Waals surface area contributed by atoms with Crippen LogP contribution in [0.4, 0.5) is 0 Å². The lowest BCUT2D eigenvalue weighted by molar-refractivity contribution is 0.443. The van der Waals surface area contributed by atoms with E-state index in [9.17, 15) is 10.2 Å². The minimum Gasteiger partial charge on any atom is -0.507 e. The Morgan fingerprint density at radius 2 is 1.00 bits per heavy atom. The van der Waals surface area contributed by atoms with Gasteiger partial charge < -0.3 is 10.2 Å². The molecule has 2 rings (SSSR count). The van der Waals surface area contributed by atoms with E-state index >= 15 is 0 Å². The Labute approximate surface area is 226 Å². The Balaban J connectivity index is 2.35. The van der Waals surface area contributed by atoms with Crippen molar-refractivity contribution < 1.29 is 10.2 Å². The number of rotatable bonds is 5. The summed E-state index contributed by atoms with van der Waals surface area (Å²) < 4.78 is 0. The third-order valence-corrected chi connectivity index (χ3v) is 6.69. The van der Waals surface area contributed by atoms with Gasteiger partial charge in [-0.15, -0.1) is 0 Å². The highest BCUT2D eigenvalue weighted by Gasteiger charge is 2.26. The van der Waals surface area contributed by atoms with Gasteiger partial charge in [0.05, 0.1) is 12.6 Å². The Bertz CT molecular complexity index is 1160. The maximum atomic E-state index is 11.0. The maximum Gasteiger partial charge on any atom is 0.128 e. The minimum absolute atomic E-state index is 0.0383. The van der Waals surface area contributed by atoms with Gasteiger partial charge in [0, 0.05) is 34.7 Å². The van der Waals surface area contributed by atoms with Crippen LogP contribution in [-0.2, 0) is 21.7 Å². The zero-order chi connectivity index (χ0) is 28.6. The van der Waals surface area contributed by atoms with Crippen LogP contribution in [0.15, 0.2) is 34.3 Å². The monoisotopic (exact) mass is 506 g/mol. The van der Waals surface area contributed by atoms with Gasteiger partial charge in [0.15, 0.2) is 0 Å². The molecule has 0 aliphatic rings. The Morgan fingerprint density at radius 1 is 0.622 bits per heavy atom. The normalized spacial score (nSPS) is 14.6. The number of phenolic OH excluding ortho intramolecular Hbond substituents is 2. The first-order valence-corrected chi connectivity index (χ1v) is 13.4. The van der Waals surface area contributed by atoms with Gasteiger partial charge in [-0.1, -0.05) is 95.2 Å². The number of benzene rings is 2. The van der Waals surface area contributed by atoms with E-state index in [-0.39, 0.29) is 27.7 Å². The third kappa shape index (κ3) is 7.93. The fourth-order valence-electron chi connectivity index (χ4n) is 4.08. The molecule has 0 spiro atoms. The summed E-state index contributed by atoms with van der Waals surface area (Å²) in [5.41, 5.74) is 5.23. The first-order valence-electron chi connectivity index (χ1n) is 13.4. The van der Waals surface area contributed by atoms with Crippen LogP contribution in [0.2, 0.25) is 0 Å². The Kier molecular flexibility index (Phi) is 8.79. The molecule has 2 aromatic rings. The van der Waals surface area contributed by atoms with E-state index in [1.54, 1.807) is 12.4 Å². The van der Waals surface area contributed by atoms with Crippen molar-refractivity contribution in [2.24, 2.45) is 9.98 Å². The van der Waals surface area contributed by atoms with E-state index in [2.05, 4.69) is 100 Å². The zero-order valence-corrected chi connectivity index (χ0v) is 25.5. The van der Waals surface area contributed by atoms with Crippen molar-refractivity contribution in [2.45, 2.75) is 118 Å². The first-order chi connectivity index (χ1) is 16.6. The van der Waals surface area contributed by atoms with E-state index in [1.165, 1.54) is 11.1 Å². The fourth-order valence-corrected chi connectivity index (χ4v) is 4.08. The van der Waals surface area contributed by atoms with Gasteiger partial charge >= 0.3 is 0 Å². The standard InChI is InChI=1S/C33H50N2O2/c1-21(35-20-23-15-25(31(5,6)7)17-27(29(23)37)33(11,12)13)18-34-19-22-14-24(30(2,3)4)16-26(28(22)36)32(8,9)10/h14-17,19-21,36-37H,18H2,1-13H3/t21-/m1/s1. The number of nitrogens with zero attached hydrogens (tertiary/aromatic N) is 2. The summed E-state index contributed by atoms with van der Waals surface area (Å²) in [6.07, 6.45) is 3.54. The van der Waals surface area contributed by atoms with Crippen molar-refractivity contribution in [1.82, 2.24) is 0 Å². The molecule has 4 nitrogen and oxygen atoms in total. The summed E-state index contributed by atoms with van der Waals surface area (Å²) in [5, 5.41) is 22.0. The fraction of sp³-hybridized carbons (Fsp3) is 0.576. The molecule has 1 atom stereocenters. The highest BCUT2D eigenvalue weighted by Crippen LogP contribution is 2.38. The molecule has 204 valence electrons. The lowest BCUT2D eigenvalue weighted by Crippen LogP contribution is -2.17. The molecule has 0 fully saturated rings. The molecule has 0 aromatic heterocycles. The van der Waals surface area contributed by atoms with E-state index in [1.807, 2.05) is 19.1 Å². The van der Waals surface area contributed by atoms with Crippen molar-refractivity contribution >= 4 is 12.4 Å². The largest absolute Gasteiger partial charge is 0.507 e. The number of hydrogen-bond donors (Lipinski definition) is 2. The van der Waals surface area contributed by atoms with Crippen LogP contribution in [0.5, 0.6) is 11.5 Å². The molecule has 0 bridgehead atoms. The summed E-state index contributed by atoms with van der Waals surface area (Å²) in [6, 6.07) is 8.22. The molecule has 2 aromatic carbocycles.